The molecule has 0 saturated heterocycles. The molecule has 250 valence electrons. The summed E-state index contributed by atoms with van der Waals surface area (Å²) in [5, 5.41) is 12.3. The number of aliphatic hydroxyl groups excluding tert-OH is 1. The average Bonchev–Trinajstić information content (AvgIpc) is 3.55. The van der Waals surface area contributed by atoms with Gasteiger partial charge in [-0.1, -0.05) is 91.0 Å². The van der Waals surface area contributed by atoms with Crippen LogP contribution in [0.15, 0.2) is 132 Å². The number of rotatable bonds is 14. The van der Waals surface area contributed by atoms with Gasteiger partial charge in [0.15, 0.2) is 23.1 Å². The molecule has 49 heavy (non-hydrogen) atoms. The van der Waals surface area contributed by atoms with E-state index in [4.69, 9.17) is 29.0 Å². The van der Waals surface area contributed by atoms with Gasteiger partial charge < -0.3 is 29.4 Å². The number of nitrogens with one attached hydrogen (secondary N) is 1. The van der Waals surface area contributed by atoms with Crippen molar-refractivity contribution in [2.45, 2.75) is 31.0 Å². The van der Waals surface area contributed by atoms with E-state index in [-0.39, 0.29) is 19.1 Å². The van der Waals surface area contributed by atoms with Crippen LogP contribution in [-0.4, -0.2) is 49.9 Å². The summed E-state index contributed by atoms with van der Waals surface area (Å²) < 4.78 is 23.4. The fourth-order valence-electron chi connectivity index (χ4n) is 6.00. The number of hydrogen-bond donors (Lipinski definition) is 2. The van der Waals surface area contributed by atoms with Crippen LogP contribution in [-0.2, 0) is 22.5 Å². The molecule has 6 rings (SSSR count). The maximum atomic E-state index is 14.7. The third-order valence-electron chi connectivity index (χ3n) is 8.57. The molecule has 0 aliphatic carbocycles. The summed E-state index contributed by atoms with van der Waals surface area (Å²) in [7, 11) is 3.18. The monoisotopic (exact) mass is 656 g/mol. The Hall–Kier alpha value is -5.60. The number of carbonyl (C=O) groups is 1. The Morgan fingerprint density at radius 1 is 0.776 bits per heavy atom. The number of aliphatic hydroxyl groups is 1. The highest BCUT2D eigenvalue weighted by molar-refractivity contribution is 6.01. The maximum Gasteiger partial charge on any atom is 0.252 e. The average molecular weight is 657 g/mol. The van der Waals surface area contributed by atoms with Gasteiger partial charge >= 0.3 is 0 Å². The van der Waals surface area contributed by atoms with Gasteiger partial charge in [0.2, 0.25) is 5.90 Å². The van der Waals surface area contributed by atoms with Gasteiger partial charge in [0.1, 0.15) is 5.75 Å². The number of nitrogens with zero attached hydrogens (tertiary/aromatic N) is 1. The molecule has 1 aliphatic heterocycles. The number of ether oxygens (including phenoxy) is 4. The fraction of sp³-hybridized carbons (Fsp3) is 0.220. The molecule has 8 nitrogen and oxygen atoms in total. The van der Waals surface area contributed by atoms with Gasteiger partial charge in [-0.25, -0.2) is 4.99 Å². The Bertz CT molecular complexity index is 1860. The molecule has 0 bridgehead atoms. The van der Waals surface area contributed by atoms with Gasteiger partial charge in [0.25, 0.3) is 5.91 Å². The summed E-state index contributed by atoms with van der Waals surface area (Å²) in [4.78, 5) is 19.8. The summed E-state index contributed by atoms with van der Waals surface area (Å²) >= 11 is 0. The number of methoxy groups -OCH3 is 2. The lowest BCUT2D eigenvalue weighted by atomic mass is 9.81. The largest absolute Gasteiger partial charge is 0.494 e. The van der Waals surface area contributed by atoms with Crippen LogP contribution < -0.4 is 19.5 Å². The van der Waals surface area contributed by atoms with Crippen molar-refractivity contribution in [1.82, 2.24) is 5.32 Å². The van der Waals surface area contributed by atoms with Crippen LogP contribution in [0.4, 0.5) is 0 Å². The Labute approximate surface area is 287 Å². The van der Waals surface area contributed by atoms with Gasteiger partial charge in [-0.05, 0) is 64.2 Å². The lowest BCUT2D eigenvalue weighted by Gasteiger charge is -2.31. The predicted octanol–water partition coefficient (Wildman–Crippen LogP) is 6.95. The molecular weight excluding hydrogens is 616 g/mol. The molecular formula is C41H40N2O6. The zero-order chi connectivity index (χ0) is 34.1. The Kier molecular flexibility index (Phi) is 10.6. The molecule has 5 aromatic carbocycles. The van der Waals surface area contributed by atoms with Crippen LogP contribution in [0.2, 0.25) is 0 Å². The number of aliphatic imine (C=N–C) groups is 1. The second kappa shape index (κ2) is 15.5. The fourth-order valence-corrected chi connectivity index (χ4v) is 6.00. The molecule has 2 atom stereocenters. The van der Waals surface area contributed by atoms with E-state index >= 15 is 0 Å². The van der Waals surface area contributed by atoms with E-state index in [1.165, 1.54) is 0 Å². The van der Waals surface area contributed by atoms with Crippen molar-refractivity contribution in [2.24, 2.45) is 4.99 Å². The summed E-state index contributed by atoms with van der Waals surface area (Å²) in [5.74, 6) is 1.98. The molecule has 2 N–H and O–H groups in total. The SMILES string of the molecule is COc1ccc(CNC(=O)[C@]2(Cc3ccccc3)N=C(c3ccc(OCCCO)cc3)O[C@@H]2c2ccc(-c3ccccc3)cc2)cc1OC. The smallest absolute Gasteiger partial charge is 0.252 e. The van der Waals surface area contributed by atoms with Crippen molar-refractivity contribution >= 4 is 11.8 Å². The first-order chi connectivity index (χ1) is 24.0. The summed E-state index contributed by atoms with van der Waals surface area (Å²) in [5.41, 5.74) is 4.19. The van der Waals surface area contributed by atoms with Crippen LogP contribution in [0.25, 0.3) is 11.1 Å². The third kappa shape index (κ3) is 7.60. The first-order valence-electron chi connectivity index (χ1n) is 16.3. The van der Waals surface area contributed by atoms with E-state index in [1.807, 2.05) is 103 Å². The predicted molar refractivity (Wildman–Crippen MR) is 190 cm³/mol. The molecule has 1 aliphatic rings. The molecule has 1 heterocycles. The lowest BCUT2D eigenvalue weighted by Crippen LogP contribution is -2.49. The van der Waals surface area contributed by atoms with E-state index < -0.39 is 11.6 Å². The molecule has 1 amide bonds. The van der Waals surface area contributed by atoms with Crippen molar-refractivity contribution in [3.05, 3.63) is 150 Å². The van der Waals surface area contributed by atoms with Gasteiger partial charge in [-0.15, -0.1) is 0 Å². The molecule has 8 heteroatoms. The van der Waals surface area contributed by atoms with E-state index in [1.54, 1.807) is 14.2 Å². The second-order valence-electron chi connectivity index (χ2n) is 11.8. The van der Waals surface area contributed by atoms with Crippen LogP contribution in [0.3, 0.4) is 0 Å². The Balaban J connectivity index is 1.39. The maximum absolute atomic E-state index is 14.7. The summed E-state index contributed by atoms with van der Waals surface area (Å²) in [6, 6.07) is 41.2. The minimum absolute atomic E-state index is 0.0635. The van der Waals surface area contributed by atoms with Crippen molar-refractivity contribution in [1.29, 1.82) is 0 Å². The second-order valence-corrected chi connectivity index (χ2v) is 11.8. The van der Waals surface area contributed by atoms with E-state index in [9.17, 15) is 4.79 Å². The van der Waals surface area contributed by atoms with Crippen molar-refractivity contribution in [3.63, 3.8) is 0 Å². The van der Waals surface area contributed by atoms with Crippen LogP contribution >= 0.6 is 0 Å². The number of benzene rings is 5. The van der Waals surface area contributed by atoms with Gasteiger partial charge in [0, 0.05) is 31.6 Å². The first-order valence-corrected chi connectivity index (χ1v) is 16.3. The van der Waals surface area contributed by atoms with E-state index in [0.29, 0.717) is 42.6 Å². The Morgan fingerprint density at radius 3 is 2.10 bits per heavy atom. The third-order valence-corrected chi connectivity index (χ3v) is 8.57. The van der Waals surface area contributed by atoms with Crippen LogP contribution in [0.5, 0.6) is 17.2 Å². The van der Waals surface area contributed by atoms with Crippen molar-refractivity contribution in [3.8, 4) is 28.4 Å². The minimum atomic E-state index is -1.34. The highest BCUT2D eigenvalue weighted by atomic mass is 16.5. The molecule has 0 aromatic heterocycles. The highest BCUT2D eigenvalue weighted by Gasteiger charge is 2.53. The van der Waals surface area contributed by atoms with Crippen molar-refractivity contribution < 1.29 is 28.8 Å². The lowest BCUT2D eigenvalue weighted by molar-refractivity contribution is -0.129. The minimum Gasteiger partial charge on any atom is -0.494 e. The normalized spacial score (nSPS) is 16.7. The van der Waals surface area contributed by atoms with E-state index in [2.05, 4.69) is 29.6 Å². The topological polar surface area (TPSA) is 98.6 Å². The molecule has 5 aromatic rings. The van der Waals surface area contributed by atoms with Crippen molar-refractivity contribution in [2.75, 3.05) is 27.4 Å². The number of hydrogen-bond acceptors (Lipinski definition) is 7. The van der Waals surface area contributed by atoms with E-state index in [0.717, 1.165) is 33.4 Å². The number of carbonyl (C=O) groups excluding carboxylic acids is 1. The zero-order valence-corrected chi connectivity index (χ0v) is 27.7. The van der Waals surface area contributed by atoms with Gasteiger partial charge in [-0.2, -0.15) is 0 Å². The number of amides is 1. The molecule has 0 fully saturated rings. The summed E-state index contributed by atoms with van der Waals surface area (Å²) in [6.07, 6.45) is 0.129. The molecule has 0 radical (unpaired) electrons. The van der Waals surface area contributed by atoms with Gasteiger partial charge in [0.05, 0.1) is 20.8 Å². The zero-order valence-electron chi connectivity index (χ0n) is 27.7. The first kappa shape index (κ1) is 33.3. The summed E-state index contributed by atoms with van der Waals surface area (Å²) in [6.45, 7) is 0.725. The Morgan fingerprint density at radius 2 is 1.43 bits per heavy atom. The van der Waals surface area contributed by atoms with Gasteiger partial charge in [-0.3, -0.25) is 4.79 Å². The van der Waals surface area contributed by atoms with Crippen LogP contribution in [0, 0.1) is 0 Å². The standard InChI is InChI=1S/C41H40N2O6/c1-46-36-23-14-30(26-37(36)47-2)28-42-40(45)41(27-29-10-5-3-6-11-29)38(33-17-15-32(16-18-33)31-12-7-4-8-13-31)49-39(43-41)34-19-21-35(22-20-34)48-25-9-24-44/h3-8,10-23,26,38,44H,9,24-25,27-28H2,1-2H3,(H,42,45)/t38-,41-/m1/s1. The molecule has 0 saturated carbocycles. The van der Waals surface area contributed by atoms with Crippen LogP contribution in [0.1, 0.15) is 34.8 Å². The molecule has 0 unspecified atom stereocenters. The quantitative estimate of drug-likeness (QED) is 0.126. The highest BCUT2D eigenvalue weighted by Crippen LogP contribution is 2.43. The molecule has 0 spiro atoms.